The van der Waals surface area contributed by atoms with Crippen LogP contribution in [-0.2, 0) is 9.59 Å². The second kappa shape index (κ2) is 11.9. The fourth-order valence-corrected chi connectivity index (χ4v) is 2.25. The van der Waals surface area contributed by atoms with E-state index >= 15 is 0 Å². The van der Waals surface area contributed by atoms with Gasteiger partial charge in [-0.15, -0.1) is 0 Å². The second-order valence-electron chi connectivity index (χ2n) is 5.67. The molecular weight excluding hydrogens is 412 g/mol. The second-order valence-corrected chi connectivity index (χ2v) is 6.11. The van der Waals surface area contributed by atoms with Crippen LogP contribution >= 0.6 is 11.6 Å². The molecule has 0 radical (unpaired) electrons. The largest absolute Gasteiger partial charge is 0.493 e. The van der Waals surface area contributed by atoms with Crippen molar-refractivity contribution < 1.29 is 23.8 Å². The highest BCUT2D eigenvalue weighted by atomic mass is 35.5. The molecule has 0 aliphatic heterocycles. The lowest BCUT2D eigenvalue weighted by Gasteiger charge is -2.08. The number of nitrogens with zero attached hydrogens (tertiary/aromatic N) is 2. The Morgan fingerprint density at radius 1 is 1.13 bits per heavy atom. The monoisotopic (exact) mass is 430 g/mol. The van der Waals surface area contributed by atoms with Crippen LogP contribution in [0.15, 0.2) is 47.6 Å². The molecule has 156 valence electrons. The first kappa shape index (κ1) is 22.5. The minimum absolute atomic E-state index is 0.101. The first-order valence-corrected chi connectivity index (χ1v) is 9.04. The van der Waals surface area contributed by atoms with Crippen LogP contribution in [0.4, 0.5) is 0 Å². The number of hydrazone groups is 1. The van der Waals surface area contributed by atoms with Gasteiger partial charge in [0.25, 0.3) is 11.8 Å². The number of carbonyl (C=O) groups is 2. The van der Waals surface area contributed by atoms with Crippen molar-refractivity contribution in [3.8, 4) is 23.3 Å². The number of rotatable bonds is 10. The van der Waals surface area contributed by atoms with Gasteiger partial charge in [0, 0.05) is 5.02 Å². The molecule has 0 fully saturated rings. The predicted octanol–water partition coefficient (Wildman–Crippen LogP) is 1.90. The summed E-state index contributed by atoms with van der Waals surface area (Å²) in [6.07, 6.45) is 1.40. The lowest BCUT2D eigenvalue weighted by Crippen LogP contribution is -2.37. The van der Waals surface area contributed by atoms with E-state index in [1.807, 2.05) is 6.07 Å². The summed E-state index contributed by atoms with van der Waals surface area (Å²) in [6, 6.07) is 13.4. The van der Waals surface area contributed by atoms with Crippen molar-refractivity contribution >= 4 is 29.6 Å². The van der Waals surface area contributed by atoms with Gasteiger partial charge in [-0.2, -0.15) is 10.4 Å². The molecule has 2 aromatic rings. The summed E-state index contributed by atoms with van der Waals surface area (Å²) in [4.78, 5) is 23.5. The third-order valence-electron chi connectivity index (χ3n) is 3.51. The van der Waals surface area contributed by atoms with Crippen molar-refractivity contribution in [2.24, 2.45) is 5.10 Å². The maximum atomic E-state index is 11.8. The van der Waals surface area contributed by atoms with Crippen molar-refractivity contribution in [3.05, 3.63) is 53.1 Å². The van der Waals surface area contributed by atoms with Crippen molar-refractivity contribution in [1.29, 1.82) is 5.26 Å². The van der Waals surface area contributed by atoms with Gasteiger partial charge in [-0.1, -0.05) is 11.6 Å². The molecule has 0 heterocycles. The lowest BCUT2D eigenvalue weighted by atomic mass is 10.2. The average molecular weight is 431 g/mol. The Morgan fingerprint density at radius 2 is 1.90 bits per heavy atom. The Kier molecular flexibility index (Phi) is 8.96. The molecule has 0 bridgehead atoms. The summed E-state index contributed by atoms with van der Waals surface area (Å²) in [6.45, 7) is -0.598. The summed E-state index contributed by atoms with van der Waals surface area (Å²) >= 11 is 5.77. The fourth-order valence-electron chi connectivity index (χ4n) is 2.12. The van der Waals surface area contributed by atoms with E-state index in [0.717, 1.165) is 0 Å². The minimum Gasteiger partial charge on any atom is -0.493 e. The van der Waals surface area contributed by atoms with Gasteiger partial charge < -0.3 is 19.5 Å². The summed E-state index contributed by atoms with van der Waals surface area (Å²) in [5, 5.41) is 15.4. The van der Waals surface area contributed by atoms with Gasteiger partial charge in [0.15, 0.2) is 24.7 Å². The molecule has 0 aliphatic rings. The number of methoxy groups -OCH3 is 1. The standard InChI is InChI=1S/C20H19ClN4O5/c1-28-18-10-14(2-7-17(18)29-9-8-22)11-24-25-19(26)12-23-20(27)13-30-16-5-3-15(21)4-6-16/h2-7,10-11H,9,12-13H2,1H3,(H,23,27)(H,25,26). The van der Waals surface area contributed by atoms with Crippen molar-refractivity contribution in [2.75, 3.05) is 26.9 Å². The van der Waals surface area contributed by atoms with Crippen molar-refractivity contribution in [1.82, 2.24) is 10.7 Å². The van der Waals surface area contributed by atoms with Gasteiger partial charge in [-0.25, -0.2) is 5.43 Å². The zero-order chi connectivity index (χ0) is 21.8. The molecular formula is C20H19ClN4O5. The van der Waals surface area contributed by atoms with Crippen LogP contribution in [0.2, 0.25) is 5.02 Å². The van der Waals surface area contributed by atoms with E-state index < -0.39 is 11.8 Å². The van der Waals surface area contributed by atoms with Crippen LogP contribution in [0.5, 0.6) is 17.2 Å². The van der Waals surface area contributed by atoms with E-state index in [-0.39, 0.29) is 19.8 Å². The first-order valence-electron chi connectivity index (χ1n) is 8.66. The number of benzene rings is 2. The molecule has 0 unspecified atom stereocenters. The van der Waals surface area contributed by atoms with Gasteiger partial charge in [-0.3, -0.25) is 9.59 Å². The smallest absolute Gasteiger partial charge is 0.259 e. The van der Waals surface area contributed by atoms with E-state index in [2.05, 4.69) is 15.8 Å². The molecule has 2 N–H and O–H groups in total. The molecule has 30 heavy (non-hydrogen) atoms. The Bertz CT molecular complexity index is 941. The number of halogens is 1. The van der Waals surface area contributed by atoms with Gasteiger partial charge >= 0.3 is 0 Å². The Labute approximate surface area is 178 Å². The Hall–Kier alpha value is -3.77. The van der Waals surface area contributed by atoms with Crippen LogP contribution in [-0.4, -0.2) is 44.9 Å². The Morgan fingerprint density at radius 3 is 2.60 bits per heavy atom. The van der Waals surface area contributed by atoms with Gasteiger partial charge in [-0.05, 0) is 48.0 Å². The van der Waals surface area contributed by atoms with Crippen LogP contribution in [0.3, 0.4) is 0 Å². The SMILES string of the molecule is COc1cc(C=NNC(=O)CNC(=O)COc2ccc(Cl)cc2)ccc1OCC#N. The van der Waals surface area contributed by atoms with Crippen molar-refractivity contribution in [3.63, 3.8) is 0 Å². The molecule has 0 aliphatic carbocycles. The molecule has 9 nitrogen and oxygen atoms in total. The molecule has 0 saturated heterocycles. The van der Waals surface area contributed by atoms with Crippen molar-refractivity contribution in [2.45, 2.75) is 0 Å². The summed E-state index contributed by atoms with van der Waals surface area (Å²) in [7, 11) is 1.47. The molecule has 0 atom stereocenters. The molecule has 0 spiro atoms. The molecule has 0 saturated carbocycles. The van der Waals surface area contributed by atoms with Crippen LogP contribution in [0.1, 0.15) is 5.56 Å². The minimum atomic E-state index is -0.507. The van der Waals surface area contributed by atoms with E-state index in [4.69, 9.17) is 31.1 Å². The number of nitriles is 1. The van der Waals surface area contributed by atoms with Crippen LogP contribution in [0, 0.1) is 11.3 Å². The highest BCUT2D eigenvalue weighted by molar-refractivity contribution is 6.30. The van der Waals surface area contributed by atoms with E-state index in [1.54, 1.807) is 42.5 Å². The fraction of sp³-hybridized carbons (Fsp3) is 0.200. The molecule has 2 rings (SSSR count). The Balaban J connectivity index is 1.74. The molecule has 2 amide bonds. The normalized spacial score (nSPS) is 10.2. The van der Waals surface area contributed by atoms with Crippen LogP contribution in [0.25, 0.3) is 0 Å². The zero-order valence-electron chi connectivity index (χ0n) is 16.1. The number of ether oxygens (including phenoxy) is 3. The first-order chi connectivity index (χ1) is 14.5. The highest BCUT2D eigenvalue weighted by Crippen LogP contribution is 2.27. The van der Waals surface area contributed by atoms with E-state index in [1.165, 1.54) is 13.3 Å². The average Bonchev–Trinajstić information content (AvgIpc) is 2.76. The van der Waals surface area contributed by atoms with E-state index in [9.17, 15) is 9.59 Å². The summed E-state index contributed by atoms with van der Waals surface area (Å²) in [5.41, 5.74) is 2.93. The van der Waals surface area contributed by atoms with Crippen LogP contribution < -0.4 is 25.0 Å². The third kappa shape index (κ3) is 7.69. The zero-order valence-corrected chi connectivity index (χ0v) is 16.8. The molecule has 10 heteroatoms. The summed E-state index contributed by atoms with van der Waals surface area (Å²) < 4.78 is 15.7. The lowest BCUT2D eigenvalue weighted by molar-refractivity contribution is -0.127. The van der Waals surface area contributed by atoms with Gasteiger partial charge in [0.1, 0.15) is 11.8 Å². The number of carbonyl (C=O) groups excluding carboxylic acids is 2. The maximum absolute atomic E-state index is 11.8. The predicted molar refractivity (Wildman–Crippen MR) is 110 cm³/mol. The maximum Gasteiger partial charge on any atom is 0.259 e. The number of hydrogen-bond donors (Lipinski definition) is 2. The quantitative estimate of drug-likeness (QED) is 0.438. The molecule has 0 aromatic heterocycles. The number of hydrogen-bond acceptors (Lipinski definition) is 7. The summed E-state index contributed by atoms with van der Waals surface area (Å²) in [5.74, 6) is 0.370. The number of amides is 2. The molecule has 2 aromatic carbocycles. The van der Waals surface area contributed by atoms with E-state index in [0.29, 0.717) is 27.8 Å². The number of nitrogens with one attached hydrogen (secondary N) is 2. The van der Waals surface area contributed by atoms with Gasteiger partial charge in [0.05, 0.1) is 19.9 Å². The third-order valence-corrected chi connectivity index (χ3v) is 3.76. The van der Waals surface area contributed by atoms with Gasteiger partial charge in [0.2, 0.25) is 0 Å². The topological polar surface area (TPSA) is 122 Å². The highest BCUT2D eigenvalue weighted by Gasteiger charge is 2.07.